The quantitative estimate of drug-likeness (QED) is 0.790. The van der Waals surface area contributed by atoms with Gasteiger partial charge < -0.3 is 9.80 Å². The fourth-order valence-electron chi connectivity index (χ4n) is 3.36. The van der Waals surface area contributed by atoms with Crippen LogP contribution in [0.5, 0.6) is 0 Å². The van der Waals surface area contributed by atoms with Gasteiger partial charge in [0.05, 0.1) is 0 Å². The minimum absolute atomic E-state index is 0.0265. The summed E-state index contributed by atoms with van der Waals surface area (Å²) in [7, 11) is 0. The molecule has 2 aromatic rings. The Kier molecular flexibility index (Phi) is 5.84. The number of nitrogens with zero attached hydrogens (tertiary/aromatic N) is 2. The van der Waals surface area contributed by atoms with Gasteiger partial charge in [-0.25, -0.2) is 0 Å². The first kappa shape index (κ1) is 17.9. The number of rotatable bonds is 4. The predicted molar refractivity (Wildman–Crippen MR) is 105 cm³/mol. The highest BCUT2D eigenvalue weighted by Gasteiger charge is 2.28. The van der Waals surface area contributed by atoms with Crippen LogP contribution in [0.15, 0.2) is 66.7 Å². The largest absolute Gasteiger partial charge is 0.343 e. The summed E-state index contributed by atoms with van der Waals surface area (Å²) in [5.41, 5.74) is 1.90. The molecule has 1 fully saturated rings. The Labute approximate surface area is 154 Å². The molecule has 0 unspecified atom stereocenters. The summed E-state index contributed by atoms with van der Waals surface area (Å²) in [5, 5.41) is 0. The molecule has 1 aliphatic rings. The van der Waals surface area contributed by atoms with Crippen LogP contribution in [0.2, 0.25) is 0 Å². The van der Waals surface area contributed by atoms with Gasteiger partial charge >= 0.3 is 0 Å². The third-order valence-corrected chi connectivity index (χ3v) is 4.76. The molecule has 2 aromatic carbocycles. The molecule has 0 spiro atoms. The smallest absolute Gasteiger partial charge is 0.251 e. The molecule has 1 aliphatic heterocycles. The summed E-state index contributed by atoms with van der Waals surface area (Å²) in [6.07, 6.45) is 5.07. The minimum atomic E-state index is -0.0265. The Morgan fingerprint density at radius 2 is 1.54 bits per heavy atom. The van der Waals surface area contributed by atoms with E-state index in [1.807, 2.05) is 76.5 Å². The zero-order valence-electron chi connectivity index (χ0n) is 15.0. The Morgan fingerprint density at radius 3 is 2.12 bits per heavy atom. The molecule has 4 nitrogen and oxygen atoms in total. The van der Waals surface area contributed by atoms with E-state index < -0.39 is 0 Å². The van der Waals surface area contributed by atoms with Gasteiger partial charge in [-0.05, 0) is 36.6 Å². The van der Waals surface area contributed by atoms with Crippen LogP contribution >= 0.6 is 0 Å². The molecule has 0 radical (unpaired) electrons. The number of carbonyl (C=O) groups is 2. The lowest BCUT2D eigenvalue weighted by Crippen LogP contribution is -2.48. The highest BCUT2D eigenvalue weighted by Crippen LogP contribution is 2.24. The molecular formula is C22H24N2O2. The number of likely N-dealkylation sites (tertiary alicyclic amines) is 1. The average molecular weight is 348 g/mol. The lowest BCUT2D eigenvalue weighted by atomic mass is 10.0. The normalized spacial score (nSPS) is 15.2. The molecular weight excluding hydrogens is 324 g/mol. The number of para-hydroxylation sites is 1. The highest BCUT2D eigenvalue weighted by atomic mass is 16.2. The zero-order valence-corrected chi connectivity index (χ0v) is 15.0. The van der Waals surface area contributed by atoms with Gasteiger partial charge in [-0.15, -0.1) is 0 Å². The molecule has 0 bridgehead atoms. The monoisotopic (exact) mass is 348 g/mol. The number of amides is 2. The number of hydrogen-bond acceptors (Lipinski definition) is 2. The van der Waals surface area contributed by atoms with Crippen molar-refractivity contribution in [2.45, 2.75) is 25.8 Å². The molecule has 4 heteroatoms. The van der Waals surface area contributed by atoms with Gasteiger partial charge in [0.1, 0.15) is 0 Å². The van der Waals surface area contributed by atoms with E-state index in [0.29, 0.717) is 13.1 Å². The van der Waals surface area contributed by atoms with Crippen molar-refractivity contribution < 1.29 is 9.59 Å². The first-order valence-corrected chi connectivity index (χ1v) is 9.02. The highest BCUT2D eigenvalue weighted by molar-refractivity contribution is 6.04. The van der Waals surface area contributed by atoms with Crippen molar-refractivity contribution in [3.05, 3.63) is 72.3 Å². The maximum absolute atomic E-state index is 13.0. The molecule has 0 atom stereocenters. The Hall–Kier alpha value is -2.88. The summed E-state index contributed by atoms with van der Waals surface area (Å²) in [5.74, 6) is 0.0753. The van der Waals surface area contributed by atoms with Gasteiger partial charge in [0.2, 0.25) is 5.91 Å². The maximum atomic E-state index is 13.0. The van der Waals surface area contributed by atoms with E-state index in [2.05, 4.69) is 0 Å². The topological polar surface area (TPSA) is 40.6 Å². The molecule has 0 aliphatic carbocycles. The van der Waals surface area contributed by atoms with Crippen molar-refractivity contribution in [2.24, 2.45) is 0 Å². The predicted octanol–water partition coefficient (Wildman–Crippen LogP) is 3.74. The summed E-state index contributed by atoms with van der Waals surface area (Å²) < 4.78 is 0. The molecule has 1 saturated heterocycles. The number of carbonyl (C=O) groups excluding carboxylic acids is 2. The van der Waals surface area contributed by atoms with Crippen LogP contribution in [0, 0.1) is 0 Å². The van der Waals surface area contributed by atoms with Gasteiger partial charge in [-0.1, -0.05) is 48.5 Å². The van der Waals surface area contributed by atoms with Crippen molar-refractivity contribution in [3.63, 3.8) is 0 Å². The van der Waals surface area contributed by atoms with Crippen LogP contribution in [0.3, 0.4) is 0 Å². The summed E-state index contributed by atoms with van der Waals surface area (Å²) >= 11 is 0. The fourth-order valence-corrected chi connectivity index (χ4v) is 3.36. The van der Waals surface area contributed by atoms with Gasteiger partial charge in [0.25, 0.3) is 5.91 Å². The third-order valence-electron chi connectivity index (χ3n) is 4.76. The van der Waals surface area contributed by atoms with E-state index in [-0.39, 0.29) is 17.9 Å². The first-order valence-electron chi connectivity index (χ1n) is 9.02. The molecule has 0 saturated carbocycles. The lowest BCUT2D eigenvalue weighted by Gasteiger charge is -2.38. The van der Waals surface area contributed by atoms with E-state index >= 15 is 0 Å². The summed E-state index contributed by atoms with van der Waals surface area (Å²) in [6, 6.07) is 19.7. The number of hydrogen-bond donors (Lipinski definition) is 0. The van der Waals surface area contributed by atoms with Crippen LogP contribution in [-0.2, 0) is 9.59 Å². The molecule has 0 aromatic heterocycles. The average Bonchev–Trinajstić information content (AvgIpc) is 2.69. The van der Waals surface area contributed by atoms with Crippen molar-refractivity contribution >= 4 is 23.6 Å². The second-order valence-electron chi connectivity index (χ2n) is 6.53. The van der Waals surface area contributed by atoms with Gasteiger partial charge in [-0.2, -0.15) is 0 Å². The van der Waals surface area contributed by atoms with Crippen molar-refractivity contribution in [3.8, 4) is 0 Å². The van der Waals surface area contributed by atoms with Crippen LogP contribution in [-0.4, -0.2) is 35.8 Å². The van der Waals surface area contributed by atoms with Crippen LogP contribution in [0.1, 0.15) is 25.3 Å². The number of benzene rings is 2. The number of anilines is 1. The lowest BCUT2D eigenvalue weighted by molar-refractivity contribution is -0.129. The SMILES string of the molecule is CC(=O)N1CCC(N(C(=O)/C=C/c2ccccc2)c2ccccc2)CC1. The van der Waals surface area contributed by atoms with Crippen molar-refractivity contribution in [1.29, 1.82) is 0 Å². The van der Waals surface area contributed by atoms with E-state index in [1.165, 1.54) is 0 Å². The van der Waals surface area contributed by atoms with E-state index in [0.717, 1.165) is 24.1 Å². The third kappa shape index (κ3) is 4.39. The van der Waals surface area contributed by atoms with E-state index in [4.69, 9.17) is 0 Å². The Balaban J connectivity index is 1.79. The molecule has 0 N–H and O–H groups in total. The fraction of sp³-hybridized carbons (Fsp3) is 0.273. The summed E-state index contributed by atoms with van der Waals surface area (Å²) in [4.78, 5) is 28.3. The Morgan fingerprint density at radius 1 is 0.962 bits per heavy atom. The molecule has 26 heavy (non-hydrogen) atoms. The van der Waals surface area contributed by atoms with E-state index in [1.54, 1.807) is 13.0 Å². The zero-order chi connectivity index (χ0) is 18.4. The second-order valence-corrected chi connectivity index (χ2v) is 6.53. The van der Waals surface area contributed by atoms with Gasteiger partial charge in [0, 0.05) is 37.8 Å². The maximum Gasteiger partial charge on any atom is 0.251 e. The van der Waals surface area contributed by atoms with Crippen LogP contribution in [0.25, 0.3) is 6.08 Å². The van der Waals surface area contributed by atoms with Gasteiger partial charge in [0.15, 0.2) is 0 Å². The molecule has 1 heterocycles. The van der Waals surface area contributed by atoms with E-state index in [9.17, 15) is 9.59 Å². The minimum Gasteiger partial charge on any atom is -0.343 e. The molecule has 2 amide bonds. The standard InChI is InChI=1S/C22H24N2O2/c1-18(25)23-16-14-21(15-17-23)24(20-10-6-3-7-11-20)22(26)13-12-19-8-4-2-5-9-19/h2-13,21H,14-17H2,1H3/b13-12+. The van der Waals surface area contributed by atoms with Gasteiger partial charge in [-0.3, -0.25) is 9.59 Å². The second kappa shape index (κ2) is 8.48. The number of piperidine rings is 1. The Bertz CT molecular complexity index is 763. The van der Waals surface area contributed by atoms with Crippen LogP contribution < -0.4 is 4.90 Å². The molecule has 3 rings (SSSR count). The first-order chi connectivity index (χ1) is 12.6. The van der Waals surface area contributed by atoms with Crippen molar-refractivity contribution in [2.75, 3.05) is 18.0 Å². The van der Waals surface area contributed by atoms with Crippen molar-refractivity contribution in [1.82, 2.24) is 4.90 Å². The van der Waals surface area contributed by atoms with Crippen LogP contribution in [0.4, 0.5) is 5.69 Å². The molecule has 134 valence electrons. The summed E-state index contributed by atoms with van der Waals surface area (Å²) in [6.45, 7) is 2.99.